The molecule has 0 heterocycles. The zero-order valence-corrected chi connectivity index (χ0v) is 10.1. The van der Waals surface area contributed by atoms with E-state index in [1.54, 1.807) is 0 Å². The first-order valence-corrected chi connectivity index (χ1v) is 6.04. The van der Waals surface area contributed by atoms with Gasteiger partial charge in [0.2, 0.25) is 0 Å². The Labute approximate surface area is 97.3 Å². The van der Waals surface area contributed by atoms with Crippen LogP contribution in [0.3, 0.4) is 0 Å². The molecule has 1 saturated carbocycles. The Morgan fingerprint density at radius 3 is 2.62 bits per heavy atom. The van der Waals surface area contributed by atoms with E-state index in [9.17, 15) is 5.11 Å². The largest absolute Gasteiger partial charge is 0.493 e. The molecular formula is C14H20O2. The number of ether oxygens (including phenoxy) is 1. The summed E-state index contributed by atoms with van der Waals surface area (Å²) in [5, 5.41) is 9.32. The molecule has 1 aromatic carbocycles. The van der Waals surface area contributed by atoms with Gasteiger partial charge in [-0.1, -0.05) is 24.1 Å². The van der Waals surface area contributed by atoms with Gasteiger partial charge in [-0.15, -0.1) is 0 Å². The maximum atomic E-state index is 9.32. The van der Waals surface area contributed by atoms with Crippen molar-refractivity contribution in [1.82, 2.24) is 0 Å². The van der Waals surface area contributed by atoms with E-state index < -0.39 is 0 Å². The van der Waals surface area contributed by atoms with Crippen molar-refractivity contribution < 1.29 is 9.84 Å². The lowest BCUT2D eigenvalue weighted by Crippen LogP contribution is -2.20. The van der Waals surface area contributed by atoms with Gasteiger partial charge in [-0.05, 0) is 38.2 Å². The zero-order valence-electron chi connectivity index (χ0n) is 10.1. The zero-order chi connectivity index (χ0) is 11.5. The van der Waals surface area contributed by atoms with E-state index in [1.165, 1.54) is 24.8 Å². The first kappa shape index (κ1) is 11.5. The lowest BCUT2D eigenvalue weighted by atomic mass is 9.86. The van der Waals surface area contributed by atoms with Crippen LogP contribution in [-0.4, -0.2) is 11.7 Å². The Hall–Kier alpha value is -1.02. The molecule has 0 amide bonds. The van der Waals surface area contributed by atoms with E-state index >= 15 is 0 Å². The van der Waals surface area contributed by atoms with Crippen LogP contribution in [0.25, 0.3) is 0 Å². The number of aryl methyl sites for hydroxylation is 2. The van der Waals surface area contributed by atoms with Gasteiger partial charge in [0.15, 0.2) is 0 Å². The van der Waals surface area contributed by atoms with E-state index in [0.29, 0.717) is 0 Å². The molecule has 1 aliphatic carbocycles. The Balaban J connectivity index is 2.10. The van der Waals surface area contributed by atoms with Crippen LogP contribution in [0, 0.1) is 19.8 Å². The van der Waals surface area contributed by atoms with Crippen LogP contribution in [0.15, 0.2) is 12.1 Å². The molecule has 2 rings (SSSR count). The van der Waals surface area contributed by atoms with Gasteiger partial charge in [0.25, 0.3) is 0 Å². The van der Waals surface area contributed by atoms with Crippen molar-refractivity contribution in [3.8, 4) is 5.75 Å². The second-order valence-electron chi connectivity index (χ2n) is 4.84. The maximum absolute atomic E-state index is 9.32. The lowest BCUT2D eigenvalue weighted by Gasteiger charge is -2.26. The summed E-state index contributed by atoms with van der Waals surface area (Å²) in [5.41, 5.74) is 3.22. The van der Waals surface area contributed by atoms with E-state index in [4.69, 9.17) is 4.74 Å². The highest BCUT2D eigenvalue weighted by Gasteiger charge is 2.19. The lowest BCUT2D eigenvalue weighted by molar-refractivity contribution is 0.175. The molecule has 0 aliphatic heterocycles. The average molecular weight is 220 g/mol. The first-order chi connectivity index (χ1) is 7.70. The molecule has 0 unspecified atom stereocenters. The van der Waals surface area contributed by atoms with Crippen LogP contribution in [0.4, 0.5) is 0 Å². The van der Waals surface area contributed by atoms with Gasteiger partial charge in [-0.3, -0.25) is 0 Å². The van der Waals surface area contributed by atoms with E-state index in [1.807, 2.05) is 19.9 Å². The van der Waals surface area contributed by atoms with Gasteiger partial charge in [0.05, 0.1) is 13.2 Å². The smallest absolute Gasteiger partial charge is 0.127 e. The highest BCUT2D eigenvalue weighted by Crippen LogP contribution is 2.30. The van der Waals surface area contributed by atoms with Crippen molar-refractivity contribution in [1.29, 1.82) is 0 Å². The quantitative estimate of drug-likeness (QED) is 0.845. The summed E-state index contributed by atoms with van der Waals surface area (Å²) >= 11 is 0. The van der Waals surface area contributed by atoms with E-state index in [2.05, 4.69) is 6.07 Å². The summed E-state index contributed by atoms with van der Waals surface area (Å²) in [7, 11) is 0. The van der Waals surface area contributed by atoms with Crippen molar-refractivity contribution >= 4 is 0 Å². The number of benzene rings is 1. The number of rotatable bonds is 4. The standard InChI is InChI=1S/C14H20O2/c1-10-6-11(2)14(13(7-10)8-15)16-9-12-4-3-5-12/h6-7,12,15H,3-5,8-9H2,1-2H3. The van der Waals surface area contributed by atoms with E-state index in [0.717, 1.165) is 29.4 Å². The van der Waals surface area contributed by atoms with Crippen molar-refractivity contribution in [3.63, 3.8) is 0 Å². The molecule has 1 aliphatic rings. The molecule has 0 saturated heterocycles. The molecule has 2 nitrogen and oxygen atoms in total. The predicted molar refractivity (Wildman–Crippen MR) is 64.7 cm³/mol. The molecule has 1 N–H and O–H groups in total. The Morgan fingerprint density at radius 2 is 2.06 bits per heavy atom. The van der Waals surface area contributed by atoms with Gasteiger partial charge in [-0.25, -0.2) is 0 Å². The highest BCUT2D eigenvalue weighted by atomic mass is 16.5. The summed E-state index contributed by atoms with van der Waals surface area (Å²) in [6.45, 7) is 4.95. The fraction of sp³-hybridized carbons (Fsp3) is 0.571. The molecular weight excluding hydrogens is 200 g/mol. The SMILES string of the molecule is Cc1cc(C)c(OCC2CCC2)c(CO)c1. The van der Waals surface area contributed by atoms with Crippen LogP contribution in [-0.2, 0) is 6.61 Å². The second-order valence-corrected chi connectivity index (χ2v) is 4.84. The third kappa shape index (κ3) is 2.38. The molecule has 0 bridgehead atoms. The van der Waals surface area contributed by atoms with Crippen molar-refractivity contribution in [3.05, 3.63) is 28.8 Å². The molecule has 0 spiro atoms. The second kappa shape index (κ2) is 4.88. The fourth-order valence-corrected chi connectivity index (χ4v) is 2.23. The van der Waals surface area contributed by atoms with Crippen LogP contribution in [0.1, 0.15) is 36.0 Å². The number of hydrogen-bond acceptors (Lipinski definition) is 2. The third-order valence-electron chi connectivity index (χ3n) is 3.35. The van der Waals surface area contributed by atoms with Gasteiger partial charge >= 0.3 is 0 Å². The minimum absolute atomic E-state index is 0.0581. The average Bonchev–Trinajstić information content (AvgIpc) is 2.17. The Kier molecular flexibility index (Phi) is 3.49. The summed E-state index contributed by atoms with van der Waals surface area (Å²) < 4.78 is 5.86. The van der Waals surface area contributed by atoms with Crippen LogP contribution in [0.2, 0.25) is 0 Å². The number of hydrogen-bond donors (Lipinski definition) is 1. The predicted octanol–water partition coefficient (Wildman–Crippen LogP) is 2.97. The van der Waals surface area contributed by atoms with Crippen LogP contribution in [0.5, 0.6) is 5.75 Å². The van der Waals surface area contributed by atoms with Crippen molar-refractivity contribution in [2.75, 3.05) is 6.61 Å². The summed E-state index contributed by atoms with van der Waals surface area (Å²) in [5.74, 6) is 1.62. The first-order valence-electron chi connectivity index (χ1n) is 6.04. The molecule has 0 radical (unpaired) electrons. The molecule has 0 atom stereocenters. The highest BCUT2D eigenvalue weighted by molar-refractivity contribution is 5.43. The van der Waals surface area contributed by atoms with Crippen molar-refractivity contribution in [2.45, 2.75) is 39.7 Å². The fourth-order valence-electron chi connectivity index (χ4n) is 2.23. The maximum Gasteiger partial charge on any atom is 0.127 e. The topological polar surface area (TPSA) is 29.5 Å². The van der Waals surface area contributed by atoms with E-state index in [-0.39, 0.29) is 6.61 Å². The molecule has 1 aromatic rings. The Bertz CT molecular complexity index is 367. The monoisotopic (exact) mass is 220 g/mol. The summed E-state index contributed by atoms with van der Waals surface area (Å²) in [4.78, 5) is 0. The van der Waals surface area contributed by atoms with Gasteiger partial charge < -0.3 is 9.84 Å². The van der Waals surface area contributed by atoms with Crippen molar-refractivity contribution in [2.24, 2.45) is 5.92 Å². The number of aliphatic hydroxyl groups is 1. The summed E-state index contributed by atoms with van der Waals surface area (Å²) in [6, 6.07) is 4.11. The Morgan fingerprint density at radius 1 is 1.31 bits per heavy atom. The third-order valence-corrected chi connectivity index (χ3v) is 3.35. The van der Waals surface area contributed by atoms with Gasteiger partial charge in [-0.2, -0.15) is 0 Å². The van der Waals surface area contributed by atoms with Crippen LogP contribution < -0.4 is 4.74 Å². The minimum Gasteiger partial charge on any atom is -0.493 e. The minimum atomic E-state index is 0.0581. The van der Waals surface area contributed by atoms with Gasteiger partial charge in [0, 0.05) is 5.56 Å². The van der Waals surface area contributed by atoms with Crippen LogP contribution >= 0.6 is 0 Å². The molecule has 88 valence electrons. The molecule has 2 heteroatoms. The normalized spacial score (nSPS) is 15.9. The summed E-state index contributed by atoms with van der Waals surface area (Å²) in [6.07, 6.45) is 3.92. The van der Waals surface area contributed by atoms with Gasteiger partial charge in [0.1, 0.15) is 5.75 Å². The molecule has 16 heavy (non-hydrogen) atoms. The molecule has 1 fully saturated rings. The number of aliphatic hydroxyl groups excluding tert-OH is 1. The molecule has 0 aromatic heterocycles.